The van der Waals surface area contributed by atoms with Crippen molar-refractivity contribution in [1.29, 1.82) is 0 Å². The average Bonchev–Trinajstić information content (AvgIpc) is 3.41. The lowest BCUT2D eigenvalue weighted by Gasteiger charge is -2.08. The predicted octanol–water partition coefficient (Wildman–Crippen LogP) is 6.06. The number of nitrogens with zero attached hydrogens (tertiary/aromatic N) is 5. The molecule has 0 saturated carbocycles. The topological polar surface area (TPSA) is 94.8 Å². The zero-order valence-electron chi connectivity index (χ0n) is 20.3. The highest BCUT2D eigenvalue weighted by molar-refractivity contribution is 7.17. The highest BCUT2D eigenvalue weighted by atomic mass is 32.1. The normalized spacial score (nSPS) is 10.9. The molecule has 8 nitrogen and oxygen atoms in total. The van der Waals surface area contributed by atoms with Gasteiger partial charge in [0.2, 0.25) is 5.88 Å². The van der Waals surface area contributed by atoms with Gasteiger partial charge in [-0.2, -0.15) is 5.10 Å². The third-order valence-electron chi connectivity index (χ3n) is 5.85. The monoisotopic (exact) mass is 496 g/mol. The molecule has 1 N–H and O–H groups in total. The van der Waals surface area contributed by atoms with E-state index in [4.69, 9.17) is 4.74 Å². The van der Waals surface area contributed by atoms with E-state index < -0.39 is 0 Å². The highest BCUT2D eigenvalue weighted by Crippen LogP contribution is 2.29. The first-order chi connectivity index (χ1) is 17.4. The fourth-order valence-corrected chi connectivity index (χ4v) is 4.62. The van der Waals surface area contributed by atoms with Gasteiger partial charge < -0.3 is 10.1 Å². The molecular weight excluding hydrogens is 472 g/mol. The summed E-state index contributed by atoms with van der Waals surface area (Å²) in [4.78, 5) is 18.0. The van der Waals surface area contributed by atoms with Crippen molar-refractivity contribution in [2.24, 2.45) is 0 Å². The van der Waals surface area contributed by atoms with Crippen molar-refractivity contribution >= 4 is 22.9 Å². The molecule has 0 bridgehead atoms. The molecule has 36 heavy (non-hydrogen) atoms. The second-order valence-electron chi connectivity index (χ2n) is 8.32. The fourth-order valence-electron chi connectivity index (χ4n) is 3.65. The van der Waals surface area contributed by atoms with Crippen molar-refractivity contribution < 1.29 is 9.53 Å². The largest absolute Gasteiger partial charge is 0.438 e. The number of nitrogens with one attached hydrogen (secondary N) is 1. The van der Waals surface area contributed by atoms with Crippen molar-refractivity contribution in [3.05, 3.63) is 94.3 Å². The summed E-state index contributed by atoms with van der Waals surface area (Å²) in [5, 5.41) is 16.7. The standard InChI is InChI=1S/C27H24N6O2S/c1-16-17(2)32-33(19(16)4)23-14-15-24(31-30-23)35-22-12-10-21(11-13-22)29-26(34)25-18(3)28-27(36-25)20-8-6-5-7-9-20/h5-15H,1-4H3,(H,29,34). The molecule has 1 amide bonds. The van der Waals surface area contributed by atoms with Gasteiger partial charge in [-0.3, -0.25) is 4.79 Å². The van der Waals surface area contributed by atoms with Gasteiger partial charge in [0.1, 0.15) is 15.6 Å². The van der Waals surface area contributed by atoms with E-state index in [0.717, 1.165) is 27.5 Å². The summed E-state index contributed by atoms with van der Waals surface area (Å²) in [5.41, 5.74) is 5.47. The van der Waals surface area contributed by atoms with Crippen LogP contribution < -0.4 is 10.1 Å². The predicted molar refractivity (Wildman–Crippen MR) is 140 cm³/mol. The van der Waals surface area contributed by atoms with Crippen molar-refractivity contribution in [2.75, 3.05) is 5.32 Å². The lowest BCUT2D eigenvalue weighted by molar-refractivity contribution is 0.103. The molecule has 0 saturated heterocycles. The van der Waals surface area contributed by atoms with E-state index in [2.05, 4.69) is 25.6 Å². The summed E-state index contributed by atoms with van der Waals surface area (Å²) in [6.07, 6.45) is 0. The summed E-state index contributed by atoms with van der Waals surface area (Å²) < 4.78 is 7.59. The molecule has 2 aromatic carbocycles. The molecule has 3 heterocycles. The van der Waals surface area contributed by atoms with Crippen LogP contribution in [0, 0.1) is 27.7 Å². The van der Waals surface area contributed by atoms with Gasteiger partial charge in [-0.1, -0.05) is 30.3 Å². The summed E-state index contributed by atoms with van der Waals surface area (Å²) in [7, 11) is 0. The number of hydrogen-bond donors (Lipinski definition) is 1. The smallest absolute Gasteiger partial charge is 0.267 e. The molecule has 9 heteroatoms. The molecule has 180 valence electrons. The third-order valence-corrected chi connectivity index (χ3v) is 7.06. The minimum absolute atomic E-state index is 0.193. The molecule has 3 aromatic heterocycles. The van der Waals surface area contributed by atoms with Gasteiger partial charge in [0.25, 0.3) is 5.91 Å². The number of carbonyl (C=O) groups is 1. The Balaban J connectivity index is 1.24. The number of carbonyl (C=O) groups excluding carboxylic acids is 1. The summed E-state index contributed by atoms with van der Waals surface area (Å²) >= 11 is 1.38. The second kappa shape index (κ2) is 9.71. The van der Waals surface area contributed by atoms with Crippen LogP contribution in [0.5, 0.6) is 11.6 Å². The quantitative estimate of drug-likeness (QED) is 0.307. The number of thiazole rings is 1. The van der Waals surface area contributed by atoms with E-state index in [9.17, 15) is 4.79 Å². The Bertz CT molecular complexity index is 1520. The van der Waals surface area contributed by atoms with Crippen molar-refractivity contribution in [3.63, 3.8) is 0 Å². The fraction of sp³-hybridized carbons (Fsp3) is 0.148. The molecule has 0 fully saturated rings. The maximum atomic E-state index is 12.9. The molecule has 5 rings (SSSR count). The number of anilines is 1. The second-order valence-corrected chi connectivity index (χ2v) is 9.32. The molecule has 0 spiro atoms. The van der Waals surface area contributed by atoms with Gasteiger partial charge in [-0.05, 0) is 63.6 Å². The van der Waals surface area contributed by atoms with Gasteiger partial charge in [-0.15, -0.1) is 21.5 Å². The SMILES string of the molecule is Cc1nc(-c2ccccc2)sc1C(=O)Nc1ccc(Oc2ccc(-n3nc(C)c(C)c3C)nn2)cc1. The molecule has 0 radical (unpaired) electrons. The van der Waals surface area contributed by atoms with E-state index in [-0.39, 0.29) is 5.91 Å². The Hall–Kier alpha value is -4.37. The van der Waals surface area contributed by atoms with Gasteiger partial charge in [0.15, 0.2) is 5.82 Å². The average molecular weight is 497 g/mol. The van der Waals surface area contributed by atoms with Gasteiger partial charge in [-0.25, -0.2) is 9.67 Å². The summed E-state index contributed by atoms with van der Waals surface area (Å²) in [6.45, 7) is 7.85. The molecule has 0 atom stereocenters. The van der Waals surface area contributed by atoms with E-state index in [1.165, 1.54) is 11.3 Å². The Morgan fingerprint density at radius 3 is 2.28 bits per heavy atom. The van der Waals surface area contributed by atoms with Crippen LogP contribution in [0.25, 0.3) is 16.4 Å². The first-order valence-corrected chi connectivity index (χ1v) is 12.2. The number of hydrogen-bond acceptors (Lipinski definition) is 7. The van der Waals surface area contributed by atoms with Crippen molar-refractivity contribution in [2.45, 2.75) is 27.7 Å². The summed E-state index contributed by atoms with van der Waals surface area (Å²) in [6, 6.07) is 20.5. The zero-order chi connectivity index (χ0) is 25.2. The third kappa shape index (κ3) is 4.73. The van der Waals surface area contributed by atoms with Crippen LogP contribution in [0.3, 0.4) is 0 Å². The van der Waals surface area contributed by atoms with Gasteiger partial charge >= 0.3 is 0 Å². The van der Waals surface area contributed by atoms with Crippen LogP contribution in [0.1, 0.15) is 32.3 Å². The van der Waals surface area contributed by atoms with E-state index >= 15 is 0 Å². The lowest BCUT2D eigenvalue weighted by Crippen LogP contribution is -2.11. The summed E-state index contributed by atoms with van der Waals surface area (Å²) in [5.74, 6) is 1.38. The Morgan fingerprint density at radius 2 is 1.64 bits per heavy atom. The molecule has 0 aliphatic rings. The molecule has 0 unspecified atom stereocenters. The van der Waals surface area contributed by atoms with E-state index in [1.807, 2.05) is 64.1 Å². The van der Waals surface area contributed by atoms with Crippen LogP contribution in [0.4, 0.5) is 5.69 Å². The first-order valence-electron chi connectivity index (χ1n) is 11.4. The lowest BCUT2D eigenvalue weighted by atomic mass is 10.2. The highest BCUT2D eigenvalue weighted by Gasteiger charge is 2.16. The number of aromatic nitrogens is 5. The maximum absolute atomic E-state index is 12.9. The minimum atomic E-state index is -0.193. The number of rotatable bonds is 6. The van der Waals surface area contributed by atoms with Crippen LogP contribution in [-0.4, -0.2) is 30.9 Å². The number of aryl methyl sites for hydroxylation is 2. The Morgan fingerprint density at radius 1 is 0.889 bits per heavy atom. The van der Waals surface area contributed by atoms with Crippen molar-refractivity contribution in [1.82, 2.24) is 25.0 Å². The minimum Gasteiger partial charge on any atom is -0.438 e. The van der Waals surface area contributed by atoms with Crippen LogP contribution in [0.2, 0.25) is 0 Å². The molecule has 0 aliphatic carbocycles. The van der Waals surface area contributed by atoms with Gasteiger partial charge in [0, 0.05) is 23.0 Å². The van der Waals surface area contributed by atoms with Crippen molar-refractivity contribution in [3.8, 4) is 28.0 Å². The van der Waals surface area contributed by atoms with Crippen LogP contribution in [0.15, 0.2) is 66.7 Å². The molecule has 0 aliphatic heterocycles. The maximum Gasteiger partial charge on any atom is 0.267 e. The first kappa shape index (κ1) is 23.4. The van der Waals surface area contributed by atoms with Crippen LogP contribution in [-0.2, 0) is 0 Å². The number of benzene rings is 2. The molecule has 5 aromatic rings. The Labute approximate surface area is 212 Å². The van der Waals surface area contributed by atoms with Gasteiger partial charge in [0.05, 0.1) is 11.4 Å². The Kier molecular flexibility index (Phi) is 6.30. The van der Waals surface area contributed by atoms with E-state index in [1.54, 1.807) is 35.0 Å². The number of amides is 1. The zero-order valence-corrected chi connectivity index (χ0v) is 21.1. The van der Waals surface area contributed by atoms with E-state index in [0.29, 0.717) is 33.7 Å². The molecular formula is C27H24N6O2S. The number of ether oxygens (including phenoxy) is 1. The van der Waals surface area contributed by atoms with Crippen LogP contribution >= 0.6 is 11.3 Å².